The molecule has 1 heterocycles. The third kappa shape index (κ3) is 3.68. The number of aliphatic hydroxyl groups excluding tert-OH is 1. The van der Waals surface area contributed by atoms with Crippen LogP contribution in [0.2, 0.25) is 0 Å². The Morgan fingerprint density at radius 3 is 2.81 bits per heavy atom. The molecule has 1 amide bonds. The van der Waals surface area contributed by atoms with E-state index >= 15 is 0 Å². The Bertz CT molecular complexity index is 771. The van der Waals surface area contributed by atoms with Crippen molar-refractivity contribution >= 4 is 17.7 Å². The van der Waals surface area contributed by atoms with Crippen molar-refractivity contribution < 1.29 is 29.0 Å². The normalized spacial score (nSPS) is 25.0. The minimum Gasteiger partial charge on any atom is -0.425 e. The van der Waals surface area contributed by atoms with Crippen molar-refractivity contribution in [3.05, 3.63) is 41.6 Å². The molecule has 1 aliphatic heterocycles. The standard InChI is InChI=1S/C19H21NO6/c1-3-6-10(2)19(24)25-14-8-5-4-7-11(14)18(23)20-12-9-13(21)16-17(26-16)15(12)22/h4-5,7-10,15-17,22H,3,6H2,1-2H3,(H,20,23). The third-order valence-electron chi connectivity index (χ3n) is 4.46. The number of esters is 1. The Morgan fingerprint density at radius 2 is 2.08 bits per heavy atom. The summed E-state index contributed by atoms with van der Waals surface area (Å²) in [5.74, 6) is -1.41. The van der Waals surface area contributed by atoms with Gasteiger partial charge in [-0.05, 0) is 18.6 Å². The SMILES string of the molecule is CCCC(C)C(=O)Oc1ccccc1C(=O)NC1=CC(=O)C2OC2C1O. The summed E-state index contributed by atoms with van der Waals surface area (Å²) in [6.07, 6.45) is 0.430. The fourth-order valence-corrected chi connectivity index (χ4v) is 2.90. The number of hydrogen-bond acceptors (Lipinski definition) is 6. The molecule has 7 heteroatoms. The first-order valence-electron chi connectivity index (χ1n) is 8.63. The highest BCUT2D eigenvalue weighted by Crippen LogP contribution is 2.33. The van der Waals surface area contributed by atoms with Gasteiger partial charge in [0.2, 0.25) is 0 Å². The molecule has 1 aromatic rings. The second kappa shape index (κ2) is 7.39. The highest BCUT2D eigenvalue weighted by atomic mass is 16.6. The van der Waals surface area contributed by atoms with E-state index in [1.54, 1.807) is 19.1 Å². The molecule has 138 valence electrons. The van der Waals surface area contributed by atoms with Gasteiger partial charge in [0.25, 0.3) is 5.91 Å². The van der Waals surface area contributed by atoms with Gasteiger partial charge in [0.1, 0.15) is 24.1 Å². The molecular formula is C19H21NO6. The number of rotatable bonds is 6. The zero-order chi connectivity index (χ0) is 18.8. The van der Waals surface area contributed by atoms with Crippen LogP contribution < -0.4 is 10.1 Å². The number of amides is 1. The molecule has 0 radical (unpaired) electrons. The summed E-state index contributed by atoms with van der Waals surface area (Å²) in [4.78, 5) is 36.4. The zero-order valence-electron chi connectivity index (χ0n) is 14.6. The number of benzene rings is 1. The Morgan fingerprint density at radius 1 is 1.35 bits per heavy atom. The summed E-state index contributed by atoms with van der Waals surface area (Å²) in [5.41, 5.74) is 0.225. The quantitative estimate of drug-likeness (QED) is 0.451. The number of nitrogens with one attached hydrogen (secondary N) is 1. The first-order valence-corrected chi connectivity index (χ1v) is 8.63. The molecule has 3 rings (SSSR count). The number of carbonyl (C=O) groups is 3. The van der Waals surface area contributed by atoms with Gasteiger partial charge < -0.3 is 19.9 Å². The van der Waals surface area contributed by atoms with Gasteiger partial charge in [-0.15, -0.1) is 0 Å². The maximum Gasteiger partial charge on any atom is 0.314 e. The summed E-state index contributed by atoms with van der Waals surface area (Å²) in [6.45, 7) is 3.75. The summed E-state index contributed by atoms with van der Waals surface area (Å²) in [6, 6.07) is 6.34. The molecule has 4 atom stereocenters. The number of hydrogen-bond donors (Lipinski definition) is 2. The van der Waals surface area contributed by atoms with Crippen LogP contribution >= 0.6 is 0 Å². The average Bonchev–Trinajstić information content (AvgIpc) is 3.41. The summed E-state index contributed by atoms with van der Waals surface area (Å²) < 4.78 is 10.4. The molecular weight excluding hydrogens is 338 g/mol. The minimum atomic E-state index is -1.07. The lowest BCUT2D eigenvalue weighted by atomic mass is 10.0. The summed E-state index contributed by atoms with van der Waals surface area (Å²) >= 11 is 0. The van der Waals surface area contributed by atoms with Crippen LogP contribution in [-0.2, 0) is 14.3 Å². The number of carbonyl (C=O) groups excluding carboxylic acids is 3. The second-order valence-corrected chi connectivity index (χ2v) is 6.53. The van der Waals surface area contributed by atoms with Crippen LogP contribution in [0, 0.1) is 5.92 Å². The summed E-state index contributed by atoms with van der Waals surface area (Å²) in [5, 5.41) is 12.6. The maximum absolute atomic E-state index is 12.6. The van der Waals surface area contributed by atoms with Crippen LogP contribution in [0.1, 0.15) is 37.0 Å². The van der Waals surface area contributed by atoms with Crippen molar-refractivity contribution in [2.45, 2.75) is 45.0 Å². The van der Waals surface area contributed by atoms with Gasteiger partial charge >= 0.3 is 5.97 Å². The van der Waals surface area contributed by atoms with Gasteiger partial charge in [-0.25, -0.2) is 0 Å². The Labute approximate surface area is 151 Å². The first-order chi connectivity index (χ1) is 12.4. The van der Waals surface area contributed by atoms with E-state index in [4.69, 9.17) is 9.47 Å². The summed E-state index contributed by atoms with van der Waals surface area (Å²) in [7, 11) is 0. The number of para-hydroxylation sites is 1. The average molecular weight is 359 g/mol. The molecule has 2 aliphatic rings. The van der Waals surface area contributed by atoms with Crippen LogP contribution in [0.25, 0.3) is 0 Å². The fraction of sp³-hybridized carbons (Fsp3) is 0.421. The predicted octanol–water partition coefficient (Wildman–Crippen LogP) is 1.35. The van der Waals surface area contributed by atoms with Crippen molar-refractivity contribution in [1.29, 1.82) is 0 Å². The fourth-order valence-electron chi connectivity index (χ4n) is 2.90. The maximum atomic E-state index is 12.6. The number of aliphatic hydroxyl groups is 1. The van der Waals surface area contributed by atoms with Crippen molar-refractivity contribution in [2.75, 3.05) is 0 Å². The van der Waals surface area contributed by atoms with Gasteiger partial charge in [-0.1, -0.05) is 32.4 Å². The third-order valence-corrected chi connectivity index (χ3v) is 4.46. The molecule has 1 saturated heterocycles. The van der Waals surface area contributed by atoms with E-state index in [-0.39, 0.29) is 28.7 Å². The van der Waals surface area contributed by atoms with E-state index in [1.807, 2.05) is 6.92 Å². The van der Waals surface area contributed by atoms with E-state index in [0.717, 1.165) is 6.42 Å². The monoisotopic (exact) mass is 359 g/mol. The first kappa shape index (κ1) is 18.3. The Hall–Kier alpha value is -2.51. The van der Waals surface area contributed by atoms with Crippen molar-refractivity contribution in [3.8, 4) is 5.75 Å². The molecule has 4 unspecified atom stereocenters. The molecule has 2 N–H and O–H groups in total. The van der Waals surface area contributed by atoms with Crippen molar-refractivity contribution in [2.24, 2.45) is 5.92 Å². The number of ether oxygens (including phenoxy) is 2. The largest absolute Gasteiger partial charge is 0.425 e. The lowest BCUT2D eigenvalue weighted by Crippen LogP contribution is -2.37. The number of epoxide rings is 1. The molecule has 1 aliphatic carbocycles. The highest BCUT2D eigenvalue weighted by Gasteiger charge is 2.53. The zero-order valence-corrected chi connectivity index (χ0v) is 14.6. The van der Waals surface area contributed by atoms with Gasteiger partial charge in [0.15, 0.2) is 5.78 Å². The van der Waals surface area contributed by atoms with Gasteiger partial charge in [-0.3, -0.25) is 14.4 Å². The molecule has 1 aromatic carbocycles. The van der Waals surface area contributed by atoms with E-state index in [9.17, 15) is 19.5 Å². The van der Waals surface area contributed by atoms with Crippen LogP contribution in [0.3, 0.4) is 0 Å². The molecule has 0 spiro atoms. The predicted molar refractivity (Wildman–Crippen MR) is 91.4 cm³/mol. The van der Waals surface area contributed by atoms with Crippen LogP contribution in [0.15, 0.2) is 36.0 Å². The lowest BCUT2D eigenvalue weighted by molar-refractivity contribution is -0.138. The Balaban J connectivity index is 1.74. The molecule has 0 aromatic heterocycles. The smallest absolute Gasteiger partial charge is 0.314 e. The molecule has 7 nitrogen and oxygen atoms in total. The minimum absolute atomic E-state index is 0.0826. The molecule has 26 heavy (non-hydrogen) atoms. The molecule has 1 fully saturated rings. The molecule has 0 bridgehead atoms. The van der Waals surface area contributed by atoms with Gasteiger partial charge in [0, 0.05) is 6.08 Å². The van der Waals surface area contributed by atoms with E-state index in [0.29, 0.717) is 6.42 Å². The number of fused-ring (bicyclic) bond motifs is 1. The topological polar surface area (TPSA) is 105 Å². The van der Waals surface area contributed by atoms with E-state index in [1.165, 1.54) is 18.2 Å². The van der Waals surface area contributed by atoms with E-state index < -0.39 is 30.2 Å². The van der Waals surface area contributed by atoms with Crippen LogP contribution in [0.5, 0.6) is 5.75 Å². The van der Waals surface area contributed by atoms with Gasteiger partial charge in [0.05, 0.1) is 17.2 Å². The van der Waals surface area contributed by atoms with Crippen LogP contribution in [0.4, 0.5) is 0 Å². The van der Waals surface area contributed by atoms with Crippen molar-refractivity contribution in [1.82, 2.24) is 5.32 Å². The molecule has 0 saturated carbocycles. The van der Waals surface area contributed by atoms with Gasteiger partial charge in [-0.2, -0.15) is 0 Å². The Kier molecular flexibility index (Phi) is 5.20. The number of ketones is 1. The van der Waals surface area contributed by atoms with E-state index in [2.05, 4.69) is 5.32 Å². The highest BCUT2D eigenvalue weighted by molar-refractivity contribution is 6.02. The van der Waals surface area contributed by atoms with Crippen molar-refractivity contribution in [3.63, 3.8) is 0 Å². The van der Waals surface area contributed by atoms with Crippen LogP contribution in [-0.4, -0.2) is 41.1 Å². The second-order valence-electron chi connectivity index (χ2n) is 6.53. The lowest BCUT2D eigenvalue weighted by Gasteiger charge is -2.18.